The van der Waals surface area contributed by atoms with Gasteiger partial charge in [-0.05, 0) is 66.3 Å². The molecule has 4 rings (SSSR count). The smallest absolute Gasteiger partial charge is 0.415 e. The highest BCUT2D eigenvalue weighted by Crippen LogP contribution is 2.31. The van der Waals surface area contributed by atoms with Gasteiger partial charge in [-0.25, -0.2) is 9.59 Å². The molecule has 2 unspecified atom stereocenters. The summed E-state index contributed by atoms with van der Waals surface area (Å²) in [5, 5.41) is 10.0. The summed E-state index contributed by atoms with van der Waals surface area (Å²) >= 11 is -2.83. The van der Waals surface area contributed by atoms with Crippen LogP contribution in [0.15, 0.2) is 78.9 Å². The maximum atomic E-state index is 12.5. The number of ether oxygens (including phenoxy) is 2. The third kappa shape index (κ3) is 6.28. The van der Waals surface area contributed by atoms with Crippen LogP contribution in [-0.4, -0.2) is 57.1 Å². The molecule has 1 heterocycles. The fraction of sp³-hybridized carbons (Fsp3) is 0.259. The van der Waals surface area contributed by atoms with Crippen molar-refractivity contribution >= 4 is 29.0 Å². The van der Waals surface area contributed by atoms with E-state index in [1.54, 1.807) is 55.6 Å². The number of nitrogens with zero attached hydrogens (tertiary/aromatic N) is 2. The van der Waals surface area contributed by atoms with Crippen molar-refractivity contribution in [1.29, 1.82) is 0 Å². The Morgan fingerprint density at radius 2 is 1.51 bits per heavy atom. The predicted octanol–water partition coefficient (Wildman–Crippen LogP) is 4.33. The van der Waals surface area contributed by atoms with Crippen molar-refractivity contribution in [3.05, 3.63) is 78.9 Å². The zero-order chi connectivity index (χ0) is 26.4. The average Bonchev–Trinajstić information content (AvgIpc) is 2.92. The molecule has 1 fully saturated rings. The molecule has 0 spiro atoms. The number of carboxylic acids is 1. The Kier molecular flexibility index (Phi) is 8.42. The van der Waals surface area contributed by atoms with Crippen molar-refractivity contribution in [1.82, 2.24) is 4.90 Å². The normalized spacial score (nSPS) is 15.5. The van der Waals surface area contributed by atoms with E-state index in [0.717, 1.165) is 21.2 Å². The van der Waals surface area contributed by atoms with E-state index in [2.05, 4.69) is 0 Å². The second kappa shape index (κ2) is 11.9. The topological polar surface area (TPSA) is 119 Å². The minimum Gasteiger partial charge on any atom is -0.755 e. The van der Waals surface area contributed by atoms with Gasteiger partial charge in [-0.2, -0.15) is 0 Å². The van der Waals surface area contributed by atoms with Gasteiger partial charge in [0.1, 0.15) is 17.5 Å². The Bertz CT molecular complexity index is 1230. The quantitative estimate of drug-likeness (QED) is 0.437. The summed E-state index contributed by atoms with van der Waals surface area (Å²) in [6, 6.07) is 21.5. The summed E-state index contributed by atoms with van der Waals surface area (Å²) in [6.45, 7) is 0.520. The van der Waals surface area contributed by atoms with Crippen molar-refractivity contribution in [3.63, 3.8) is 0 Å². The van der Waals surface area contributed by atoms with Gasteiger partial charge < -0.3 is 24.0 Å². The van der Waals surface area contributed by atoms with E-state index in [4.69, 9.17) is 9.47 Å². The minimum atomic E-state index is -2.83. The number of piperidine rings is 1. The molecule has 3 aromatic carbocycles. The summed E-state index contributed by atoms with van der Waals surface area (Å²) in [6.07, 6.45) is 0.117. The third-order valence-electron chi connectivity index (χ3n) is 6.40. The number of amides is 1. The standard InChI is InChI=1S/C27H28N2O7S/c1-35-23-13-9-20(10-14-23)19-7-11-22(12-8-19)29(37(33)34)25(26(30)31)21-15-17-28(18-16-21)27(32)36-24-5-3-2-4-6-24/h2-14,21,25H,15-18H2,1H3,(H,30,31)(H,33,34)/p-1. The Labute approximate surface area is 217 Å². The van der Waals surface area contributed by atoms with E-state index in [-0.39, 0.29) is 18.8 Å². The van der Waals surface area contributed by atoms with Gasteiger partial charge in [0.05, 0.1) is 7.11 Å². The van der Waals surface area contributed by atoms with Gasteiger partial charge in [0.15, 0.2) is 0 Å². The van der Waals surface area contributed by atoms with E-state index >= 15 is 0 Å². The molecule has 0 aliphatic carbocycles. The Morgan fingerprint density at radius 3 is 2.03 bits per heavy atom. The lowest BCUT2D eigenvalue weighted by molar-refractivity contribution is -0.140. The highest BCUT2D eigenvalue weighted by atomic mass is 32.2. The molecule has 194 valence electrons. The molecule has 0 aromatic heterocycles. The maximum Gasteiger partial charge on any atom is 0.415 e. The number of methoxy groups -OCH3 is 1. The summed E-state index contributed by atoms with van der Waals surface area (Å²) < 4.78 is 36.0. The molecule has 37 heavy (non-hydrogen) atoms. The van der Waals surface area contributed by atoms with E-state index in [9.17, 15) is 23.5 Å². The molecule has 1 N–H and O–H groups in total. The van der Waals surface area contributed by atoms with E-state index in [0.29, 0.717) is 18.6 Å². The third-order valence-corrected chi connectivity index (χ3v) is 7.16. The van der Waals surface area contributed by atoms with Crippen LogP contribution in [0.25, 0.3) is 11.1 Å². The maximum absolute atomic E-state index is 12.5. The number of aliphatic carboxylic acids is 1. The van der Waals surface area contributed by atoms with Crippen LogP contribution in [0.4, 0.5) is 10.5 Å². The number of carbonyl (C=O) groups is 2. The first-order chi connectivity index (χ1) is 17.9. The molecule has 1 aliphatic heterocycles. The number of hydrogen-bond acceptors (Lipinski definition) is 6. The number of anilines is 1. The molecule has 9 nitrogen and oxygen atoms in total. The largest absolute Gasteiger partial charge is 0.755 e. The van der Waals surface area contributed by atoms with Gasteiger partial charge in [-0.3, -0.25) is 8.51 Å². The van der Waals surface area contributed by atoms with E-state index in [1.165, 1.54) is 4.90 Å². The molecule has 10 heteroatoms. The highest BCUT2D eigenvalue weighted by molar-refractivity contribution is 7.80. The van der Waals surface area contributed by atoms with Gasteiger partial charge in [-0.15, -0.1) is 0 Å². The monoisotopic (exact) mass is 523 g/mol. The lowest BCUT2D eigenvalue weighted by Gasteiger charge is -2.40. The zero-order valence-electron chi connectivity index (χ0n) is 20.2. The summed E-state index contributed by atoms with van der Waals surface area (Å²) in [5.41, 5.74) is 2.01. The minimum absolute atomic E-state index is 0.254. The van der Waals surface area contributed by atoms with Crippen molar-refractivity contribution in [2.24, 2.45) is 5.92 Å². The number of carboxylic acid groups (broad SMARTS) is 1. The van der Waals surface area contributed by atoms with Crippen molar-refractivity contribution in [2.75, 3.05) is 24.5 Å². The first kappa shape index (κ1) is 26.2. The summed E-state index contributed by atoms with van der Waals surface area (Å²) in [7, 11) is 1.58. The zero-order valence-corrected chi connectivity index (χ0v) is 21.0. The predicted molar refractivity (Wildman–Crippen MR) is 138 cm³/mol. The van der Waals surface area contributed by atoms with Gasteiger partial charge in [0, 0.05) is 30.0 Å². The molecule has 1 amide bonds. The van der Waals surface area contributed by atoms with Crippen LogP contribution in [0.3, 0.4) is 0 Å². The van der Waals surface area contributed by atoms with Crippen molar-refractivity contribution < 1.29 is 32.9 Å². The molecule has 3 aromatic rings. The summed E-state index contributed by atoms with van der Waals surface area (Å²) in [4.78, 5) is 26.3. The fourth-order valence-corrected chi connectivity index (χ4v) is 5.21. The van der Waals surface area contributed by atoms with Crippen LogP contribution in [-0.2, 0) is 16.1 Å². The molecule has 1 aliphatic rings. The van der Waals surface area contributed by atoms with Gasteiger partial charge in [0.25, 0.3) is 0 Å². The first-order valence-electron chi connectivity index (χ1n) is 11.7. The highest BCUT2D eigenvalue weighted by Gasteiger charge is 2.38. The second-order valence-corrected chi connectivity index (χ2v) is 9.43. The van der Waals surface area contributed by atoms with Gasteiger partial charge >= 0.3 is 12.1 Å². The van der Waals surface area contributed by atoms with E-state index in [1.807, 2.05) is 30.3 Å². The fourth-order valence-electron chi connectivity index (χ4n) is 4.47. The van der Waals surface area contributed by atoms with Crippen molar-refractivity contribution in [3.8, 4) is 22.6 Å². The molecule has 1 saturated heterocycles. The summed E-state index contributed by atoms with van der Waals surface area (Å²) in [5.74, 6) is -0.591. The van der Waals surface area contributed by atoms with Crippen molar-refractivity contribution in [2.45, 2.75) is 18.9 Å². The number of benzene rings is 3. The van der Waals surface area contributed by atoms with Crippen LogP contribution in [0.5, 0.6) is 11.5 Å². The molecular weight excluding hydrogens is 496 g/mol. The molecule has 0 radical (unpaired) electrons. The number of para-hydroxylation sites is 1. The van der Waals surface area contributed by atoms with Gasteiger partial charge in [-0.1, -0.05) is 42.5 Å². The molecular formula is C27H27N2O7S-. The lowest BCUT2D eigenvalue weighted by atomic mass is 9.89. The Morgan fingerprint density at radius 1 is 0.946 bits per heavy atom. The first-order valence-corrected chi connectivity index (χ1v) is 12.8. The Balaban J connectivity index is 1.47. The number of likely N-dealkylation sites (tertiary alicyclic amines) is 1. The lowest BCUT2D eigenvalue weighted by Crippen LogP contribution is -2.51. The van der Waals surface area contributed by atoms with Crippen LogP contribution in [0.1, 0.15) is 12.8 Å². The molecule has 0 bridgehead atoms. The van der Waals surface area contributed by atoms with Crippen LogP contribution < -0.4 is 13.8 Å². The number of rotatable bonds is 8. The SMILES string of the molecule is COc1ccc(-c2ccc(N(C(C(=O)O)C3CCN(C(=O)Oc4ccccc4)CC3)S(=O)[O-])cc2)cc1. The van der Waals surface area contributed by atoms with Crippen LogP contribution in [0, 0.1) is 5.92 Å². The van der Waals surface area contributed by atoms with Gasteiger partial charge in [0.2, 0.25) is 0 Å². The van der Waals surface area contributed by atoms with Crippen LogP contribution in [0.2, 0.25) is 0 Å². The number of hydrogen-bond donors (Lipinski definition) is 1. The average molecular weight is 524 g/mol. The van der Waals surface area contributed by atoms with E-state index < -0.39 is 35.3 Å². The second-order valence-electron chi connectivity index (χ2n) is 8.61. The van der Waals surface area contributed by atoms with Crippen LogP contribution >= 0.6 is 0 Å². The number of carbonyl (C=O) groups excluding carboxylic acids is 1. The molecule has 2 atom stereocenters. The molecule has 0 saturated carbocycles. The Hall–Kier alpha value is -3.89.